The van der Waals surface area contributed by atoms with Gasteiger partial charge in [0.2, 0.25) is 0 Å². The molecule has 3 saturated carbocycles. The van der Waals surface area contributed by atoms with E-state index in [1.165, 1.54) is 37.4 Å². The highest BCUT2D eigenvalue weighted by Gasteiger charge is 2.58. The largest absolute Gasteiger partial charge is 0.299 e. The van der Waals surface area contributed by atoms with E-state index in [0.29, 0.717) is 22.4 Å². The third kappa shape index (κ3) is 2.37. The molecule has 24 heavy (non-hydrogen) atoms. The Hall–Kier alpha value is -0.570. The normalized spacial score (nSPS) is 47.5. The quantitative estimate of drug-likeness (QED) is 0.615. The standard InChI is InChI=1S/C21H30O2S/c1-13(22)24-15-8-10-20(2)14(12-15)4-5-16-17-6-7-19(23)21(17,3)11-9-18(16)20/h12,15-18H,4-11H2,1-3H3/t15?,16-,17-,18+,20-,21-/m0/s1. The lowest BCUT2D eigenvalue weighted by molar-refractivity contribution is -0.132. The van der Waals surface area contributed by atoms with Gasteiger partial charge in [-0.05, 0) is 68.1 Å². The SMILES string of the molecule is CC(=O)SC1C=C2CC[C@@H]3[C@@H](CC[C@]4(C)C(=O)CC[C@@H]34)[C@@]2(C)CC1. The van der Waals surface area contributed by atoms with Crippen molar-refractivity contribution < 1.29 is 9.59 Å². The minimum absolute atomic E-state index is 0.0135. The lowest BCUT2D eigenvalue weighted by Crippen LogP contribution is -2.50. The van der Waals surface area contributed by atoms with E-state index in [2.05, 4.69) is 19.9 Å². The third-order valence-electron chi connectivity index (χ3n) is 8.10. The number of thioether (sulfide) groups is 1. The molecule has 132 valence electrons. The lowest BCUT2D eigenvalue weighted by Gasteiger charge is -2.57. The van der Waals surface area contributed by atoms with Crippen LogP contribution in [0.15, 0.2) is 11.6 Å². The Bertz CT molecular complexity index is 609. The lowest BCUT2D eigenvalue weighted by atomic mass is 9.47. The van der Waals surface area contributed by atoms with E-state index in [1.807, 2.05) is 0 Å². The first-order chi connectivity index (χ1) is 11.3. The van der Waals surface area contributed by atoms with E-state index in [0.717, 1.165) is 37.5 Å². The zero-order valence-electron chi connectivity index (χ0n) is 15.3. The van der Waals surface area contributed by atoms with Gasteiger partial charge in [-0.2, -0.15) is 0 Å². The maximum atomic E-state index is 12.5. The minimum atomic E-state index is -0.0135. The van der Waals surface area contributed by atoms with Crippen molar-refractivity contribution in [2.75, 3.05) is 0 Å². The van der Waals surface area contributed by atoms with E-state index < -0.39 is 0 Å². The molecule has 3 heteroatoms. The van der Waals surface area contributed by atoms with Crippen molar-refractivity contribution in [3.63, 3.8) is 0 Å². The van der Waals surface area contributed by atoms with Crippen molar-refractivity contribution in [1.82, 2.24) is 0 Å². The molecular weight excluding hydrogens is 316 g/mol. The molecule has 6 atom stereocenters. The van der Waals surface area contributed by atoms with Gasteiger partial charge in [-0.25, -0.2) is 0 Å². The van der Waals surface area contributed by atoms with Crippen LogP contribution in [0.4, 0.5) is 0 Å². The van der Waals surface area contributed by atoms with E-state index in [1.54, 1.807) is 12.5 Å². The number of carbonyl (C=O) groups is 2. The summed E-state index contributed by atoms with van der Waals surface area (Å²) < 4.78 is 0. The van der Waals surface area contributed by atoms with Crippen molar-refractivity contribution in [2.24, 2.45) is 28.6 Å². The van der Waals surface area contributed by atoms with Crippen molar-refractivity contribution in [2.45, 2.75) is 77.4 Å². The number of carbonyl (C=O) groups excluding carboxylic acids is 2. The van der Waals surface area contributed by atoms with Gasteiger partial charge < -0.3 is 0 Å². The molecule has 0 aliphatic heterocycles. The van der Waals surface area contributed by atoms with Crippen LogP contribution < -0.4 is 0 Å². The molecule has 0 radical (unpaired) electrons. The first-order valence-corrected chi connectivity index (χ1v) is 10.6. The summed E-state index contributed by atoms with van der Waals surface area (Å²) in [6, 6.07) is 0. The number of rotatable bonds is 1. The molecule has 2 nitrogen and oxygen atoms in total. The minimum Gasteiger partial charge on any atom is -0.299 e. The first kappa shape index (κ1) is 16.9. The molecule has 0 saturated heterocycles. The summed E-state index contributed by atoms with van der Waals surface area (Å²) in [6.07, 6.45) is 11.5. The number of allylic oxidation sites excluding steroid dienone is 1. The van der Waals surface area contributed by atoms with Crippen molar-refractivity contribution in [3.8, 4) is 0 Å². The van der Waals surface area contributed by atoms with Crippen molar-refractivity contribution >= 4 is 22.7 Å². The van der Waals surface area contributed by atoms with Gasteiger partial charge in [0, 0.05) is 24.0 Å². The molecule has 4 rings (SSSR count). The molecule has 1 unspecified atom stereocenters. The van der Waals surface area contributed by atoms with Gasteiger partial charge in [-0.3, -0.25) is 9.59 Å². The highest BCUT2D eigenvalue weighted by atomic mass is 32.2. The predicted molar refractivity (Wildman–Crippen MR) is 98.8 cm³/mol. The smallest absolute Gasteiger partial charge is 0.186 e. The molecule has 0 aromatic carbocycles. The zero-order valence-corrected chi connectivity index (χ0v) is 16.1. The fraction of sp³-hybridized carbons (Fsp3) is 0.810. The number of hydrogen-bond donors (Lipinski definition) is 0. The summed E-state index contributed by atoms with van der Waals surface area (Å²) in [5.41, 5.74) is 1.94. The van der Waals surface area contributed by atoms with Crippen LogP contribution in [0.3, 0.4) is 0 Å². The van der Waals surface area contributed by atoms with Crippen LogP contribution in [0.5, 0.6) is 0 Å². The van der Waals surface area contributed by atoms with E-state index in [4.69, 9.17) is 0 Å². The molecule has 0 N–H and O–H groups in total. The fourth-order valence-electron chi connectivity index (χ4n) is 6.77. The van der Waals surface area contributed by atoms with Gasteiger partial charge in [-0.15, -0.1) is 0 Å². The topological polar surface area (TPSA) is 34.1 Å². The third-order valence-corrected chi connectivity index (χ3v) is 9.10. The maximum absolute atomic E-state index is 12.5. The van der Waals surface area contributed by atoms with Crippen molar-refractivity contribution in [3.05, 3.63) is 11.6 Å². The number of ketones is 1. The Balaban J connectivity index is 1.61. The van der Waals surface area contributed by atoms with Crippen LogP contribution in [0.2, 0.25) is 0 Å². The molecule has 0 spiro atoms. The maximum Gasteiger partial charge on any atom is 0.186 e. The summed E-state index contributed by atoms with van der Waals surface area (Å²) in [7, 11) is 0. The molecule has 3 fully saturated rings. The second kappa shape index (κ2) is 5.72. The second-order valence-electron chi connectivity index (χ2n) is 9.13. The highest BCUT2D eigenvalue weighted by Crippen LogP contribution is 2.64. The Kier molecular flexibility index (Phi) is 4.02. The summed E-state index contributed by atoms with van der Waals surface area (Å²) in [4.78, 5) is 23.9. The van der Waals surface area contributed by atoms with E-state index >= 15 is 0 Å². The van der Waals surface area contributed by atoms with E-state index in [9.17, 15) is 9.59 Å². The first-order valence-electron chi connectivity index (χ1n) is 9.76. The Morgan fingerprint density at radius 3 is 2.50 bits per heavy atom. The fourth-order valence-corrected chi connectivity index (χ4v) is 7.67. The summed E-state index contributed by atoms with van der Waals surface area (Å²) in [5, 5.41) is 0.635. The summed E-state index contributed by atoms with van der Waals surface area (Å²) >= 11 is 1.51. The highest BCUT2D eigenvalue weighted by molar-refractivity contribution is 8.14. The molecule has 0 heterocycles. The van der Waals surface area contributed by atoms with Crippen LogP contribution in [0.25, 0.3) is 0 Å². The molecule has 0 bridgehead atoms. The van der Waals surface area contributed by atoms with Crippen LogP contribution in [0.1, 0.15) is 72.1 Å². The number of fused-ring (bicyclic) bond motifs is 5. The van der Waals surface area contributed by atoms with Gasteiger partial charge in [-0.1, -0.05) is 37.3 Å². The van der Waals surface area contributed by atoms with E-state index in [-0.39, 0.29) is 10.5 Å². The molecule has 4 aliphatic rings. The summed E-state index contributed by atoms with van der Waals surface area (Å²) in [5.74, 6) is 2.67. The van der Waals surface area contributed by atoms with Crippen LogP contribution >= 0.6 is 11.8 Å². The van der Waals surface area contributed by atoms with Gasteiger partial charge in [0.25, 0.3) is 0 Å². The average Bonchev–Trinajstić information content (AvgIpc) is 2.83. The number of hydrogen-bond acceptors (Lipinski definition) is 3. The second-order valence-corrected chi connectivity index (χ2v) is 10.5. The van der Waals surface area contributed by atoms with Crippen LogP contribution in [0, 0.1) is 28.6 Å². The molecule has 4 aliphatic carbocycles. The Morgan fingerprint density at radius 2 is 1.75 bits per heavy atom. The van der Waals surface area contributed by atoms with Gasteiger partial charge in [0.15, 0.2) is 5.12 Å². The monoisotopic (exact) mass is 346 g/mol. The van der Waals surface area contributed by atoms with Gasteiger partial charge in [0.1, 0.15) is 5.78 Å². The predicted octanol–water partition coefficient (Wildman–Crippen LogP) is 5.17. The molecular formula is C21H30O2S. The van der Waals surface area contributed by atoms with Crippen molar-refractivity contribution in [1.29, 1.82) is 0 Å². The van der Waals surface area contributed by atoms with Crippen LogP contribution in [-0.4, -0.2) is 16.1 Å². The summed E-state index contributed by atoms with van der Waals surface area (Å²) in [6.45, 7) is 6.44. The average molecular weight is 347 g/mol. The van der Waals surface area contributed by atoms with Crippen LogP contribution in [-0.2, 0) is 9.59 Å². The Labute approximate surface area is 150 Å². The number of Topliss-reactive ketones (excluding diaryl/α,β-unsaturated/α-hetero) is 1. The van der Waals surface area contributed by atoms with Gasteiger partial charge >= 0.3 is 0 Å². The molecule has 0 amide bonds. The molecule has 0 aromatic rings. The van der Waals surface area contributed by atoms with Gasteiger partial charge in [0.05, 0.1) is 0 Å². The Morgan fingerprint density at radius 1 is 1.04 bits per heavy atom. The zero-order chi connectivity index (χ0) is 17.1. The molecule has 0 aromatic heterocycles.